The lowest BCUT2D eigenvalue weighted by atomic mass is 9.99. The number of piperidine rings is 1. The van der Waals surface area contributed by atoms with Gasteiger partial charge >= 0.3 is 5.97 Å². The van der Waals surface area contributed by atoms with E-state index < -0.39 is 12.0 Å². The molecule has 1 N–H and O–H groups in total. The molecule has 0 bridgehead atoms. The molecule has 1 aliphatic rings. The Morgan fingerprint density at radius 1 is 1.71 bits per heavy atom. The summed E-state index contributed by atoms with van der Waals surface area (Å²) >= 11 is 0. The number of nitrogens with zero attached hydrogens (tertiary/aromatic N) is 2. The summed E-state index contributed by atoms with van der Waals surface area (Å²) in [6.45, 7) is 2.66. The highest BCUT2D eigenvalue weighted by Gasteiger charge is 2.32. The lowest BCUT2D eigenvalue weighted by molar-refractivity contribution is -0.145. The van der Waals surface area contributed by atoms with Crippen LogP contribution in [0.4, 0.5) is 0 Å². The largest absolute Gasteiger partial charge is 0.480 e. The summed E-state index contributed by atoms with van der Waals surface area (Å²) in [6.07, 6.45) is 3.32. The lowest BCUT2D eigenvalue weighted by Gasteiger charge is -2.35. The SMILES string of the molecule is CCC(C#N)N1CCCCC1C(=O)O. The van der Waals surface area contributed by atoms with E-state index in [4.69, 9.17) is 10.4 Å². The monoisotopic (exact) mass is 196 g/mol. The molecule has 0 amide bonds. The average Bonchev–Trinajstić information content (AvgIpc) is 2.20. The number of aliphatic carboxylic acids is 1. The second-order valence-corrected chi connectivity index (χ2v) is 3.64. The van der Waals surface area contributed by atoms with E-state index in [0.29, 0.717) is 12.8 Å². The molecule has 1 heterocycles. The molecule has 0 spiro atoms. The second-order valence-electron chi connectivity index (χ2n) is 3.64. The molecule has 0 aromatic rings. The third-order valence-corrected chi connectivity index (χ3v) is 2.77. The van der Waals surface area contributed by atoms with E-state index in [0.717, 1.165) is 19.4 Å². The number of nitriles is 1. The molecule has 1 aliphatic heterocycles. The Bertz CT molecular complexity index is 247. The van der Waals surface area contributed by atoms with E-state index >= 15 is 0 Å². The molecule has 0 aromatic heterocycles. The van der Waals surface area contributed by atoms with Crippen molar-refractivity contribution in [1.82, 2.24) is 4.90 Å². The molecule has 0 aliphatic carbocycles. The maximum Gasteiger partial charge on any atom is 0.320 e. The number of carboxylic acid groups (broad SMARTS) is 1. The van der Waals surface area contributed by atoms with Crippen molar-refractivity contribution in [2.75, 3.05) is 6.54 Å². The van der Waals surface area contributed by atoms with Gasteiger partial charge in [-0.25, -0.2) is 0 Å². The number of hydrogen-bond acceptors (Lipinski definition) is 3. The molecule has 1 saturated heterocycles. The fourth-order valence-electron chi connectivity index (χ4n) is 1.99. The molecule has 2 unspecified atom stereocenters. The minimum absolute atomic E-state index is 0.239. The van der Waals surface area contributed by atoms with Crippen molar-refractivity contribution in [2.24, 2.45) is 0 Å². The first-order valence-electron chi connectivity index (χ1n) is 5.08. The standard InChI is InChI=1S/C10H16N2O2/c1-2-8(7-11)12-6-4-3-5-9(12)10(13)14/h8-9H,2-6H2,1H3,(H,13,14). The number of likely N-dealkylation sites (tertiary alicyclic amines) is 1. The van der Waals surface area contributed by atoms with Crippen molar-refractivity contribution in [1.29, 1.82) is 5.26 Å². The molecule has 4 nitrogen and oxygen atoms in total. The minimum Gasteiger partial charge on any atom is -0.480 e. The Balaban J connectivity index is 2.72. The van der Waals surface area contributed by atoms with Gasteiger partial charge < -0.3 is 5.11 Å². The van der Waals surface area contributed by atoms with Gasteiger partial charge in [-0.15, -0.1) is 0 Å². The maximum atomic E-state index is 10.9. The predicted molar refractivity (Wildman–Crippen MR) is 51.7 cm³/mol. The normalized spacial score (nSPS) is 25.3. The molecular formula is C10H16N2O2. The lowest BCUT2D eigenvalue weighted by Crippen LogP contribution is -2.49. The Morgan fingerprint density at radius 3 is 2.93 bits per heavy atom. The van der Waals surface area contributed by atoms with Gasteiger partial charge in [0, 0.05) is 6.54 Å². The molecule has 0 aromatic carbocycles. The highest BCUT2D eigenvalue weighted by Crippen LogP contribution is 2.20. The van der Waals surface area contributed by atoms with Gasteiger partial charge in [-0.1, -0.05) is 13.3 Å². The van der Waals surface area contributed by atoms with Crippen molar-refractivity contribution in [2.45, 2.75) is 44.7 Å². The van der Waals surface area contributed by atoms with Crippen LogP contribution >= 0.6 is 0 Å². The van der Waals surface area contributed by atoms with E-state index in [9.17, 15) is 4.79 Å². The number of carboxylic acids is 1. The number of rotatable bonds is 3. The summed E-state index contributed by atoms with van der Waals surface area (Å²) in [5.74, 6) is -0.793. The fourth-order valence-corrected chi connectivity index (χ4v) is 1.99. The van der Waals surface area contributed by atoms with Crippen LogP contribution in [-0.2, 0) is 4.79 Å². The van der Waals surface area contributed by atoms with Crippen molar-refractivity contribution in [3.8, 4) is 6.07 Å². The smallest absolute Gasteiger partial charge is 0.320 e. The van der Waals surface area contributed by atoms with Gasteiger partial charge in [0.15, 0.2) is 0 Å². The van der Waals surface area contributed by atoms with Crippen LogP contribution in [0.1, 0.15) is 32.6 Å². The van der Waals surface area contributed by atoms with E-state index in [-0.39, 0.29) is 6.04 Å². The van der Waals surface area contributed by atoms with Crippen molar-refractivity contribution in [3.63, 3.8) is 0 Å². The van der Waals surface area contributed by atoms with Gasteiger partial charge in [0.05, 0.1) is 12.1 Å². The van der Waals surface area contributed by atoms with Gasteiger partial charge in [0.25, 0.3) is 0 Å². The van der Waals surface area contributed by atoms with Gasteiger partial charge in [0.1, 0.15) is 6.04 Å². The van der Waals surface area contributed by atoms with Gasteiger partial charge in [0.2, 0.25) is 0 Å². The molecule has 0 radical (unpaired) electrons. The summed E-state index contributed by atoms with van der Waals surface area (Å²) in [5.41, 5.74) is 0. The highest BCUT2D eigenvalue weighted by atomic mass is 16.4. The molecule has 14 heavy (non-hydrogen) atoms. The summed E-state index contributed by atoms with van der Waals surface area (Å²) in [6, 6.07) is 1.48. The summed E-state index contributed by atoms with van der Waals surface area (Å²) in [4.78, 5) is 12.8. The van der Waals surface area contributed by atoms with E-state index in [1.807, 2.05) is 11.8 Å². The summed E-state index contributed by atoms with van der Waals surface area (Å²) in [7, 11) is 0. The predicted octanol–water partition coefficient (Wildman–Crippen LogP) is 1.23. The molecule has 1 fully saturated rings. The van der Waals surface area contributed by atoms with Crippen LogP contribution in [0.15, 0.2) is 0 Å². The zero-order valence-electron chi connectivity index (χ0n) is 8.44. The fraction of sp³-hybridized carbons (Fsp3) is 0.800. The van der Waals surface area contributed by atoms with E-state index in [2.05, 4.69) is 6.07 Å². The summed E-state index contributed by atoms with van der Waals surface area (Å²) in [5, 5.41) is 17.9. The Labute approximate surface area is 84.1 Å². The van der Waals surface area contributed by atoms with Crippen LogP contribution in [0.3, 0.4) is 0 Å². The van der Waals surface area contributed by atoms with Crippen LogP contribution < -0.4 is 0 Å². The Morgan fingerprint density at radius 2 is 2.43 bits per heavy atom. The first-order chi connectivity index (χ1) is 6.70. The second kappa shape index (κ2) is 4.97. The van der Waals surface area contributed by atoms with E-state index in [1.165, 1.54) is 0 Å². The topological polar surface area (TPSA) is 64.3 Å². The molecule has 1 rings (SSSR count). The van der Waals surface area contributed by atoms with Crippen LogP contribution in [0.2, 0.25) is 0 Å². The van der Waals surface area contributed by atoms with Gasteiger partial charge in [-0.2, -0.15) is 5.26 Å². The van der Waals surface area contributed by atoms with Gasteiger partial charge in [-0.3, -0.25) is 9.69 Å². The van der Waals surface area contributed by atoms with Crippen molar-refractivity contribution >= 4 is 5.97 Å². The van der Waals surface area contributed by atoms with Crippen LogP contribution in [0, 0.1) is 11.3 Å². The third-order valence-electron chi connectivity index (χ3n) is 2.77. The number of hydrogen-bond donors (Lipinski definition) is 1. The first kappa shape index (κ1) is 11.0. The minimum atomic E-state index is -0.793. The zero-order chi connectivity index (χ0) is 10.6. The first-order valence-corrected chi connectivity index (χ1v) is 5.08. The molecule has 4 heteroatoms. The van der Waals surface area contributed by atoms with Crippen LogP contribution in [0.5, 0.6) is 0 Å². The Kier molecular flexibility index (Phi) is 3.90. The molecular weight excluding hydrogens is 180 g/mol. The quantitative estimate of drug-likeness (QED) is 0.737. The van der Waals surface area contributed by atoms with Crippen molar-refractivity contribution in [3.05, 3.63) is 0 Å². The maximum absolute atomic E-state index is 10.9. The summed E-state index contributed by atoms with van der Waals surface area (Å²) < 4.78 is 0. The van der Waals surface area contributed by atoms with E-state index in [1.54, 1.807) is 0 Å². The Hall–Kier alpha value is -1.08. The zero-order valence-corrected chi connectivity index (χ0v) is 8.44. The van der Waals surface area contributed by atoms with Crippen molar-refractivity contribution < 1.29 is 9.90 Å². The average molecular weight is 196 g/mol. The number of carbonyl (C=O) groups is 1. The highest BCUT2D eigenvalue weighted by molar-refractivity contribution is 5.73. The molecule has 78 valence electrons. The molecule has 0 saturated carbocycles. The van der Waals surface area contributed by atoms with Crippen LogP contribution in [-0.4, -0.2) is 34.6 Å². The molecule has 2 atom stereocenters. The van der Waals surface area contributed by atoms with Gasteiger partial charge in [-0.05, 0) is 19.3 Å². The third kappa shape index (κ3) is 2.24. The van der Waals surface area contributed by atoms with Crippen LogP contribution in [0.25, 0.3) is 0 Å².